The van der Waals surface area contributed by atoms with Crippen molar-refractivity contribution in [2.24, 2.45) is 0 Å². The Kier molecular flexibility index (Phi) is 4.26. The van der Waals surface area contributed by atoms with Gasteiger partial charge in [0, 0.05) is 23.7 Å². The van der Waals surface area contributed by atoms with E-state index >= 15 is 0 Å². The van der Waals surface area contributed by atoms with Gasteiger partial charge in [-0.05, 0) is 38.4 Å². The van der Waals surface area contributed by atoms with Crippen LogP contribution < -0.4 is 10.6 Å². The summed E-state index contributed by atoms with van der Waals surface area (Å²) in [4.78, 5) is 12.2. The van der Waals surface area contributed by atoms with Gasteiger partial charge in [-0.1, -0.05) is 23.5 Å². The predicted molar refractivity (Wildman–Crippen MR) is 83.4 cm³/mol. The molecule has 0 aliphatic carbocycles. The van der Waals surface area contributed by atoms with Crippen LogP contribution in [0.15, 0.2) is 24.3 Å². The lowest BCUT2D eigenvalue weighted by Gasteiger charge is -2.23. The van der Waals surface area contributed by atoms with Gasteiger partial charge in [0.15, 0.2) is 0 Å². The molecule has 1 atom stereocenters. The molecule has 3 rings (SSSR count). The standard InChI is InChI=1S/C15H18N4OS/c1-10-18-19-15(21-10)12-6-4-11(5-7-12)14(20)17-13-3-2-8-16-9-13/h4-7,13,16H,2-3,8-9H2,1H3,(H,17,20)/t13-/m1/s1. The van der Waals surface area contributed by atoms with Crippen molar-refractivity contribution >= 4 is 17.2 Å². The molecule has 1 amide bonds. The summed E-state index contributed by atoms with van der Waals surface area (Å²) in [6.45, 7) is 3.83. The summed E-state index contributed by atoms with van der Waals surface area (Å²) in [5.41, 5.74) is 1.68. The quantitative estimate of drug-likeness (QED) is 0.910. The molecular weight excluding hydrogens is 284 g/mol. The van der Waals surface area contributed by atoms with E-state index < -0.39 is 0 Å². The van der Waals surface area contributed by atoms with E-state index in [9.17, 15) is 4.79 Å². The van der Waals surface area contributed by atoms with Gasteiger partial charge in [0.1, 0.15) is 10.0 Å². The Morgan fingerprint density at radius 1 is 1.33 bits per heavy atom. The van der Waals surface area contributed by atoms with E-state index in [2.05, 4.69) is 20.8 Å². The zero-order valence-electron chi connectivity index (χ0n) is 11.9. The molecule has 0 bridgehead atoms. The van der Waals surface area contributed by atoms with E-state index in [0.717, 1.165) is 41.5 Å². The lowest BCUT2D eigenvalue weighted by atomic mass is 10.1. The van der Waals surface area contributed by atoms with Gasteiger partial charge >= 0.3 is 0 Å². The van der Waals surface area contributed by atoms with E-state index in [1.54, 1.807) is 11.3 Å². The minimum absolute atomic E-state index is 0.0105. The summed E-state index contributed by atoms with van der Waals surface area (Å²) in [6.07, 6.45) is 2.15. The Morgan fingerprint density at radius 3 is 2.76 bits per heavy atom. The van der Waals surface area contributed by atoms with Crippen LogP contribution in [0.1, 0.15) is 28.2 Å². The molecule has 110 valence electrons. The molecule has 1 saturated heterocycles. The molecule has 1 fully saturated rings. The molecule has 2 heterocycles. The minimum Gasteiger partial charge on any atom is -0.348 e. The number of benzene rings is 1. The monoisotopic (exact) mass is 302 g/mol. The second-order valence-electron chi connectivity index (χ2n) is 5.22. The first-order valence-electron chi connectivity index (χ1n) is 7.14. The maximum atomic E-state index is 12.2. The van der Waals surface area contributed by atoms with Crippen LogP contribution in [0, 0.1) is 6.92 Å². The highest BCUT2D eigenvalue weighted by Crippen LogP contribution is 2.23. The molecule has 2 aromatic rings. The highest BCUT2D eigenvalue weighted by atomic mass is 32.1. The number of aromatic nitrogens is 2. The molecule has 5 nitrogen and oxygen atoms in total. The number of hydrogen-bond donors (Lipinski definition) is 2. The zero-order chi connectivity index (χ0) is 14.7. The number of aryl methyl sites for hydroxylation is 1. The predicted octanol–water partition coefficient (Wildman–Crippen LogP) is 2.00. The van der Waals surface area contributed by atoms with Gasteiger partial charge in [0.05, 0.1) is 0 Å². The normalized spacial score (nSPS) is 18.4. The second-order valence-corrected chi connectivity index (χ2v) is 6.40. The Labute approximate surface area is 127 Å². The molecule has 1 aliphatic heterocycles. The molecule has 21 heavy (non-hydrogen) atoms. The molecule has 2 N–H and O–H groups in total. The summed E-state index contributed by atoms with van der Waals surface area (Å²) < 4.78 is 0. The van der Waals surface area contributed by atoms with Crippen molar-refractivity contribution in [3.05, 3.63) is 34.8 Å². The van der Waals surface area contributed by atoms with Gasteiger partial charge in [-0.3, -0.25) is 4.79 Å². The van der Waals surface area contributed by atoms with Crippen LogP contribution in [0.5, 0.6) is 0 Å². The Bertz CT molecular complexity index is 617. The van der Waals surface area contributed by atoms with Crippen molar-refractivity contribution in [3.8, 4) is 10.6 Å². The van der Waals surface area contributed by atoms with E-state index in [-0.39, 0.29) is 11.9 Å². The zero-order valence-corrected chi connectivity index (χ0v) is 12.7. The lowest BCUT2D eigenvalue weighted by Crippen LogP contribution is -2.45. The number of nitrogens with one attached hydrogen (secondary N) is 2. The summed E-state index contributed by atoms with van der Waals surface area (Å²) >= 11 is 1.55. The first kappa shape index (κ1) is 14.2. The van der Waals surface area contributed by atoms with Crippen LogP contribution in [0.25, 0.3) is 10.6 Å². The third-order valence-electron chi connectivity index (χ3n) is 3.55. The number of carbonyl (C=O) groups excluding carboxylic acids is 1. The van der Waals surface area contributed by atoms with Gasteiger partial charge in [0.2, 0.25) is 0 Å². The number of piperidine rings is 1. The molecule has 0 saturated carbocycles. The van der Waals surface area contributed by atoms with Crippen LogP contribution in [0.2, 0.25) is 0 Å². The summed E-state index contributed by atoms with van der Waals surface area (Å²) in [6, 6.07) is 7.77. The van der Waals surface area contributed by atoms with Crippen molar-refractivity contribution in [1.82, 2.24) is 20.8 Å². The molecule has 1 aliphatic rings. The fraction of sp³-hybridized carbons (Fsp3) is 0.400. The average Bonchev–Trinajstić information content (AvgIpc) is 2.95. The van der Waals surface area contributed by atoms with Crippen molar-refractivity contribution in [2.45, 2.75) is 25.8 Å². The average molecular weight is 302 g/mol. The number of nitrogens with zero attached hydrogens (tertiary/aromatic N) is 2. The molecule has 1 aromatic heterocycles. The number of carbonyl (C=O) groups is 1. The molecule has 0 radical (unpaired) electrons. The van der Waals surface area contributed by atoms with Gasteiger partial charge in [0.25, 0.3) is 5.91 Å². The topological polar surface area (TPSA) is 66.9 Å². The van der Waals surface area contributed by atoms with Gasteiger partial charge in [-0.25, -0.2) is 0 Å². The van der Waals surface area contributed by atoms with Crippen molar-refractivity contribution in [1.29, 1.82) is 0 Å². The summed E-state index contributed by atoms with van der Waals surface area (Å²) in [5.74, 6) is -0.0105. The molecular formula is C15H18N4OS. The second kappa shape index (κ2) is 6.32. The molecule has 6 heteroatoms. The van der Waals surface area contributed by atoms with Crippen LogP contribution in [-0.4, -0.2) is 35.2 Å². The van der Waals surface area contributed by atoms with E-state index in [4.69, 9.17) is 0 Å². The summed E-state index contributed by atoms with van der Waals surface area (Å²) in [7, 11) is 0. The number of rotatable bonds is 3. The van der Waals surface area contributed by atoms with E-state index in [0.29, 0.717) is 5.56 Å². The maximum Gasteiger partial charge on any atom is 0.251 e. The SMILES string of the molecule is Cc1nnc(-c2ccc(C(=O)N[C@@H]3CCCNC3)cc2)s1. The van der Waals surface area contributed by atoms with Crippen LogP contribution in [-0.2, 0) is 0 Å². The minimum atomic E-state index is -0.0105. The fourth-order valence-corrected chi connectivity index (χ4v) is 3.12. The van der Waals surface area contributed by atoms with Gasteiger partial charge in [-0.2, -0.15) is 0 Å². The molecule has 1 aromatic carbocycles. The van der Waals surface area contributed by atoms with Gasteiger partial charge < -0.3 is 10.6 Å². The van der Waals surface area contributed by atoms with Crippen molar-refractivity contribution < 1.29 is 4.79 Å². The van der Waals surface area contributed by atoms with E-state index in [1.807, 2.05) is 31.2 Å². The largest absolute Gasteiger partial charge is 0.348 e. The fourth-order valence-electron chi connectivity index (χ4n) is 2.42. The number of amides is 1. The van der Waals surface area contributed by atoms with Crippen LogP contribution in [0.4, 0.5) is 0 Å². The number of hydrogen-bond acceptors (Lipinski definition) is 5. The van der Waals surface area contributed by atoms with Gasteiger partial charge in [-0.15, -0.1) is 10.2 Å². The Balaban J connectivity index is 1.67. The lowest BCUT2D eigenvalue weighted by molar-refractivity contribution is 0.0930. The Morgan fingerprint density at radius 2 is 2.14 bits per heavy atom. The van der Waals surface area contributed by atoms with Crippen LogP contribution >= 0.6 is 11.3 Å². The summed E-state index contributed by atoms with van der Waals surface area (Å²) in [5, 5.41) is 16.3. The van der Waals surface area contributed by atoms with Crippen molar-refractivity contribution in [3.63, 3.8) is 0 Å². The first-order valence-corrected chi connectivity index (χ1v) is 7.96. The van der Waals surface area contributed by atoms with E-state index in [1.165, 1.54) is 0 Å². The van der Waals surface area contributed by atoms with Crippen molar-refractivity contribution in [2.75, 3.05) is 13.1 Å². The first-order chi connectivity index (χ1) is 10.2. The third-order valence-corrected chi connectivity index (χ3v) is 4.44. The van der Waals surface area contributed by atoms with Crippen LogP contribution in [0.3, 0.4) is 0 Å². The maximum absolute atomic E-state index is 12.2. The third kappa shape index (κ3) is 3.46. The molecule has 0 spiro atoms. The smallest absolute Gasteiger partial charge is 0.251 e. The highest BCUT2D eigenvalue weighted by Gasteiger charge is 2.16. The molecule has 0 unspecified atom stereocenters. The highest BCUT2D eigenvalue weighted by molar-refractivity contribution is 7.14. The Hall–Kier alpha value is -1.79.